The van der Waals surface area contributed by atoms with E-state index in [-0.39, 0.29) is 59.1 Å². The molecule has 0 unspecified atom stereocenters. The van der Waals surface area contributed by atoms with Crippen LogP contribution >= 0.6 is 0 Å². The van der Waals surface area contributed by atoms with Crippen LogP contribution in [0.4, 0.5) is 0 Å². The molecule has 6 N–H and O–H groups in total. The van der Waals surface area contributed by atoms with Crippen LogP contribution in [0.2, 0.25) is 0 Å². The number of aliphatic carboxylic acids is 1. The standard InChI is InChI=1S/C14H23NO15S.2Na/c1-3(17)15-5-6(18)9(4(2-16)27-13(5)23)28-14-11(30-31(24,25)26)8(20)7(19)10(29-14)12(21)22;;/h4-11,13-14,16,18-20,23H,2H2,1H3,(H,15,17)(H,21,22)(H,24,25,26);;/q;2*+1/p-2/t4-,5-,6-,7+,8+,9-,10-,11-,13+,14-;;/m1../s1. The molecule has 10 atom stereocenters. The van der Waals surface area contributed by atoms with Crippen molar-refractivity contribution in [2.24, 2.45) is 0 Å². The summed E-state index contributed by atoms with van der Waals surface area (Å²) >= 11 is 0. The van der Waals surface area contributed by atoms with Gasteiger partial charge in [-0.2, -0.15) is 0 Å². The second kappa shape index (κ2) is 13.7. The molecule has 2 fully saturated rings. The zero-order chi connectivity index (χ0) is 23.7. The molecule has 2 heterocycles. The van der Waals surface area contributed by atoms with Crippen molar-refractivity contribution in [3.63, 3.8) is 0 Å². The molecule has 0 saturated carbocycles. The van der Waals surface area contributed by atoms with E-state index in [1.807, 2.05) is 0 Å². The van der Waals surface area contributed by atoms with Gasteiger partial charge in [0.2, 0.25) is 16.3 Å². The summed E-state index contributed by atoms with van der Waals surface area (Å²) in [6, 6.07) is -1.52. The second-order valence-corrected chi connectivity index (χ2v) is 7.77. The van der Waals surface area contributed by atoms with Crippen LogP contribution in [0.15, 0.2) is 0 Å². The van der Waals surface area contributed by atoms with Gasteiger partial charge in [-0.1, -0.05) is 0 Å². The number of carbonyl (C=O) groups excluding carboxylic acids is 2. The van der Waals surface area contributed by atoms with Crippen LogP contribution in [0, 0.1) is 0 Å². The van der Waals surface area contributed by atoms with Crippen LogP contribution in [-0.2, 0) is 38.4 Å². The van der Waals surface area contributed by atoms with E-state index in [0.717, 1.165) is 6.92 Å². The van der Waals surface area contributed by atoms with Gasteiger partial charge >= 0.3 is 59.1 Å². The van der Waals surface area contributed by atoms with Crippen LogP contribution in [-0.4, -0.2) is 118 Å². The first-order chi connectivity index (χ1) is 14.3. The predicted octanol–water partition coefficient (Wildman–Crippen LogP) is -13.0. The summed E-state index contributed by atoms with van der Waals surface area (Å²) in [5, 5.41) is 63.0. The Morgan fingerprint density at radius 1 is 1.03 bits per heavy atom. The van der Waals surface area contributed by atoms with Crippen molar-refractivity contribution in [3.8, 4) is 0 Å². The number of ether oxygens (including phenoxy) is 3. The maximum atomic E-state index is 11.3. The average Bonchev–Trinajstić information content (AvgIpc) is 2.64. The Morgan fingerprint density at radius 2 is 1.61 bits per heavy atom. The molecule has 0 aromatic rings. The molecule has 1 amide bonds. The Kier molecular flexibility index (Phi) is 13.9. The molecular weight excluding hydrogens is 500 g/mol. The van der Waals surface area contributed by atoms with E-state index in [4.69, 9.17) is 14.2 Å². The smallest absolute Gasteiger partial charge is 0.726 e. The van der Waals surface area contributed by atoms with Crippen molar-refractivity contribution < 1.29 is 131 Å². The molecule has 2 saturated heterocycles. The van der Waals surface area contributed by atoms with Gasteiger partial charge < -0.3 is 59.5 Å². The molecule has 2 aliphatic rings. The SMILES string of the molecule is CC(=O)N[C@@H]1[C@@H](O)[C@H](O[C@@H]2O[C@@H](C(=O)[O-])[C@@H](O)[C@H](O)[C@H]2OS(=O)(=O)[O-])[C@@H](CO)O[C@@H]1O.[Na+].[Na+]. The van der Waals surface area contributed by atoms with Crippen molar-refractivity contribution in [3.05, 3.63) is 0 Å². The Bertz CT molecular complexity index is 772. The Labute approximate surface area is 231 Å². The monoisotopic (exact) mass is 521 g/mol. The minimum Gasteiger partial charge on any atom is -0.726 e. The summed E-state index contributed by atoms with van der Waals surface area (Å²) in [7, 11) is -5.54. The first kappa shape index (κ1) is 33.5. The van der Waals surface area contributed by atoms with Crippen molar-refractivity contribution in [1.29, 1.82) is 0 Å². The van der Waals surface area contributed by atoms with E-state index in [1.54, 1.807) is 0 Å². The molecule has 2 rings (SSSR count). The molecule has 0 aromatic carbocycles. The Balaban J connectivity index is 0.00000512. The van der Waals surface area contributed by atoms with Gasteiger partial charge in [0, 0.05) is 6.92 Å². The summed E-state index contributed by atoms with van der Waals surface area (Å²) in [6.45, 7) is 0.141. The topological polar surface area (TPSA) is 264 Å². The molecule has 16 nitrogen and oxygen atoms in total. The number of hydrogen-bond acceptors (Lipinski definition) is 15. The third kappa shape index (κ3) is 8.53. The Hall–Kier alpha value is 0.490. The van der Waals surface area contributed by atoms with Gasteiger partial charge in [0.25, 0.3) is 0 Å². The zero-order valence-electron chi connectivity index (χ0n) is 17.7. The van der Waals surface area contributed by atoms with E-state index < -0.39 is 90.2 Å². The normalized spacial score (nSPS) is 39.0. The summed E-state index contributed by atoms with van der Waals surface area (Å²) in [5.41, 5.74) is 0. The van der Waals surface area contributed by atoms with Crippen molar-refractivity contribution in [2.75, 3.05) is 6.61 Å². The molecule has 0 bridgehead atoms. The first-order valence-corrected chi connectivity index (χ1v) is 10.0. The van der Waals surface area contributed by atoms with E-state index in [0.29, 0.717) is 0 Å². The molecule has 0 aromatic heterocycles. The minimum atomic E-state index is -5.54. The van der Waals surface area contributed by atoms with Gasteiger partial charge in [0.05, 0.1) is 12.6 Å². The first-order valence-electron chi connectivity index (χ1n) is 8.68. The molecule has 0 spiro atoms. The number of amides is 1. The summed E-state index contributed by atoms with van der Waals surface area (Å²) in [6.07, 6.45) is -18.4. The van der Waals surface area contributed by atoms with Crippen LogP contribution in [0.1, 0.15) is 6.92 Å². The number of carboxylic acids is 1. The summed E-state index contributed by atoms with van der Waals surface area (Å²) in [4.78, 5) is 22.5. The fourth-order valence-corrected chi connectivity index (χ4v) is 3.65. The minimum absolute atomic E-state index is 0. The molecule has 0 aliphatic carbocycles. The molecule has 2 aliphatic heterocycles. The maximum absolute atomic E-state index is 11.3. The fraction of sp³-hybridized carbons (Fsp3) is 0.857. The number of carbonyl (C=O) groups is 2. The van der Waals surface area contributed by atoms with E-state index in [9.17, 15) is 53.2 Å². The number of rotatable bonds is 7. The summed E-state index contributed by atoms with van der Waals surface area (Å²) < 4.78 is 52.2. The van der Waals surface area contributed by atoms with Gasteiger partial charge in [0.15, 0.2) is 18.7 Å². The van der Waals surface area contributed by atoms with Crippen LogP contribution in [0.5, 0.6) is 0 Å². The predicted molar refractivity (Wildman–Crippen MR) is 86.7 cm³/mol. The third-order valence-electron chi connectivity index (χ3n) is 4.54. The summed E-state index contributed by atoms with van der Waals surface area (Å²) in [5.74, 6) is -2.76. The van der Waals surface area contributed by atoms with Gasteiger partial charge in [-0.05, 0) is 0 Å². The molecule has 180 valence electrons. The van der Waals surface area contributed by atoms with Crippen molar-refractivity contribution in [1.82, 2.24) is 5.32 Å². The quantitative estimate of drug-likeness (QED) is 0.103. The third-order valence-corrected chi connectivity index (χ3v) is 5.00. The van der Waals surface area contributed by atoms with Crippen LogP contribution in [0.25, 0.3) is 0 Å². The molecule has 33 heavy (non-hydrogen) atoms. The van der Waals surface area contributed by atoms with E-state index in [1.165, 1.54) is 0 Å². The Morgan fingerprint density at radius 3 is 2.06 bits per heavy atom. The van der Waals surface area contributed by atoms with Gasteiger partial charge in [-0.15, -0.1) is 0 Å². The molecule has 19 heteroatoms. The largest absolute Gasteiger partial charge is 1.00 e. The number of hydrogen-bond donors (Lipinski definition) is 6. The van der Waals surface area contributed by atoms with Crippen molar-refractivity contribution >= 4 is 22.3 Å². The second-order valence-electron chi connectivity index (χ2n) is 6.76. The van der Waals surface area contributed by atoms with Crippen LogP contribution < -0.4 is 69.5 Å². The van der Waals surface area contributed by atoms with E-state index in [2.05, 4.69) is 9.50 Å². The average molecular weight is 521 g/mol. The molecule has 0 radical (unpaired) electrons. The fourth-order valence-electron chi connectivity index (χ4n) is 3.18. The van der Waals surface area contributed by atoms with Gasteiger partial charge in [-0.25, -0.2) is 8.42 Å². The van der Waals surface area contributed by atoms with Gasteiger partial charge in [0.1, 0.15) is 42.7 Å². The molecular formula is C14H21NNa2O15S. The maximum Gasteiger partial charge on any atom is 1.00 e. The van der Waals surface area contributed by atoms with Gasteiger partial charge in [-0.3, -0.25) is 8.98 Å². The van der Waals surface area contributed by atoms with E-state index >= 15 is 0 Å². The zero-order valence-corrected chi connectivity index (χ0v) is 22.5. The number of carboxylic acid groups (broad SMARTS) is 1. The number of nitrogens with one attached hydrogen (secondary N) is 1. The number of aliphatic hydroxyl groups excluding tert-OH is 5. The van der Waals surface area contributed by atoms with Crippen molar-refractivity contribution in [2.45, 2.75) is 68.3 Å². The number of aliphatic hydroxyl groups is 5. The van der Waals surface area contributed by atoms with Crippen LogP contribution in [0.3, 0.4) is 0 Å².